The average Bonchev–Trinajstić information content (AvgIpc) is 3.20. The van der Waals surface area contributed by atoms with Crippen LogP contribution >= 0.6 is 0 Å². The molecular weight excluding hydrogens is 434 g/mol. The molecule has 0 saturated carbocycles. The van der Waals surface area contributed by atoms with E-state index in [1.807, 2.05) is 4.90 Å². The van der Waals surface area contributed by atoms with Crippen molar-refractivity contribution in [3.8, 4) is 11.1 Å². The molecule has 2 bridgehead atoms. The molecule has 2 atom stereocenters. The van der Waals surface area contributed by atoms with Crippen molar-refractivity contribution in [3.63, 3.8) is 0 Å². The summed E-state index contributed by atoms with van der Waals surface area (Å²) in [6.07, 6.45) is 2.75. The Morgan fingerprint density at radius 2 is 1.69 bits per heavy atom. The number of rotatable bonds is 4. The topological polar surface area (TPSA) is 38.8 Å². The van der Waals surface area contributed by atoms with Gasteiger partial charge in [0.2, 0.25) is 0 Å². The van der Waals surface area contributed by atoms with Crippen molar-refractivity contribution in [2.45, 2.75) is 44.2 Å². The van der Waals surface area contributed by atoms with Crippen molar-refractivity contribution in [2.75, 3.05) is 19.8 Å². The van der Waals surface area contributed by atoms with Gasteiger partial charge in [0.1, 0.15) is 6.61 Å². The molecular formula is C31H31NO3. The Bertz CT molecular complexity index is 1250. The predicted molar refractivity (Wildman–Crippen MR) is 138 cm³/mol. The molecule has 2 heterocycles. The minimum Gasteiger partial charge on any atom is -0.448 e. The molecule has 1 saturated heterocycles. The SMILES string of the molecule is CC(C)c1cccc(C2=CC3COCC(C2)N3C(=O)OCC2c3ccccc3-c3ccccc32)c1. The summed E-state index contributed by atoms with van der Waals surface area (Å²) in [4.78, 5) is 15.3. The molecule has 4 nitrogen and oxygen atoms in total. The Kier molecular flexibility index (Phi) is 5.69. The van der Waals surface area contributed by atoms with Crippen LogP contribution in [0.25, 0.3) is 16.7 Å². The van der Waals surface area contributed by atoms with E-state index in [0.29, 0.717) is 25.7 Å². The Morgan fingerprint density at radius 3 is 2.37 bits per heavy atom. The molecule has 0 aromatic heterocycles. The molecule has 3 aromatic rings. The van der Waals surface area contributed by atoms with Gasteiger partial charge in [-0.25, -0.2) is 4.79 Å². The zero-order valence-corrected chi connectivity index (χ0v) is 20.3. The zero-order chi connectivity index (χ0) is 23.9. The Morgan fingerprint density at radius 1 is 0.971 bits per heavy atom. The van der Waals surface area contributed by atoms with Crippen molar-refractivity contribution in [3.05, 3.63) is 101 Å². The molecule has 3 aromatic carbocycles. The second-order valence-electron chi connectivity index (χ2n) is 10.1. The van der Waals surface area contributed by atoms with E-state index in [4.69, 9.17) is 9.47 Å². The van der Waals surface area contributed by atoms with Gasteiger partial charge in [-0.15, -0.1) is 0 Å². The fraction of sp³-hybridized carbons (Fsp3) is 0.323. The molecule has 3 aliphatic rings. The van der Waals surface area contributed by atoms with Crippen molar-refractivity contribution < 1.29 is 14.3 Å². The Labute approximate surface area is 207 Å². The van der Waals surface area contributed by atoms with Gasteiger partial charge in [0, 0.05) is 5.92 Å². The van der Waals surface area contributed by atoms with Crippen molar-refractivity contribution in [1.29, 1.82) is 0 Å². The summed E-state index contributed by atoms with van der Waals surface area (Å²) in [7, 11) is 0. The normalized spacial score (nSPS) is 20.9. The third-order valence-corrected chi connectivity index (χ3v) is 7.67. The van der Waals surface area contributed by atoms with Gasteiger partial charge in [0.25, 0.3) is 0 Å². The summed E-state index contributed by atoms with van der Waals surface area (Å²) in [5, 5.41) is 0. The van der Waals surface area contributed by atoms with E-state index in [-0.39, 0.29) is 24.1 Å². The fourth-order valence-electron chi connectivity index (χ4n) is 5.86. The van der Waals surface area contributed by atoms with Gasteiger partial charge in [-0.05, 0) is 51.3 Å². The molecule has 2 unspecified atom stereocenters. The number of benzene rings is 3. The highest BCUT2D eigenvalue weighted by atomic mass is 16.6. The summed E-state index contributed by atoms with van der Waals surface area (Å²) >= 11 is 0. The lowest BCUT2D eigenvalue weighted by molar-refractivity contribution is -0.0331. The molecule has 1 amide bonds. The molecule has 0 spiro atoms. The van der Waals surface area contributed by atoms with E-state index >= 15 is 0 Å². The maximum Gasteiger partial charge on any atom is 0.410 e. The minimum atomic E-state index is -0.239. The zero-order valence-electron chi connectivity index (χ0n) is 20.3. The second kappa shape index (κ2) is 9.01. The molecule has 0 N–H and O–H groups in total. The third-order valence-electron chi connectivity index (χ3n) is 7.67. The van der Waals surface area contributed by atoms with E-state index in [1.165, 1.54) is 39.0 Å². The number of carbonyl (C=O) groups excluding carboxylic acids is 1. The lowest BCUT2D eigenvalue weighted by Crippen LogP contribution is -2.56. The van der Waals surface area contributed by atoms with Crippen LogP contribution in [0.4, 0.5) is 4.79 Å². The van der Waals surface area contributed by atoms with E-state index in [9.17, 15) is 4.79 Å². The van der Waals surface area contributed by atoms with Crippen LogP contribution in [-0.2, 0) is 9.47 Å². The van der Waals surface area contributed by atoms with Gasteiger partial charge >= 0.3 is 6.09 Å². The summed E-state index contributed by atoms with van der Waals surface area (Å²) < 4.78 is 11.8. The number of nitrogens with zero attached hydrogens (tertiary/aromatic N) is 1. The molecule has 4 heteroatoms. The van der Waals surface area contributed by atoms with Gasteiger partial charge in [0.15, 0.2) is 0 Å². The number of fused-ring (bicyclic) bond motifs is 5. The van der Waals surface area contributed by atoms with E-state index in [1.54, 1.807) is 0 Å². The summed E-state index contributed by atoms with van der Waals surface area (Å²) in [5.41, 5.74) is 8.83. The summed E-state index contributed by atoms with van der Waals surface area (Å²) in [6, 6.07) is 25.6. The van der Waals surface area contributed by atoms with Gasteiger partial charge in [0.05, 0.1) is 25.3 Å². The van der Waals surface area contributed by atoms with E-state index in [0.717, 1.165) is 6.42 Å². The monoisotopic (exact) mass is 465 g/mol. The van der Waals surface area contributed by atoms with Gasteiger partial charge in [-0.2, -0.15) is 0 Å². The maximum absolute atomic E-state index is 13.4. The first-order chi connectivity index (χ1) is 17.1. The quantitative estimate of drug-likeness (QED) is 0.435. The minimum absolute atomic E-state index is 0.00731. The number of carbonyl (C=O) groups is 1. The Hall–Kier alpha value is -3.37. The smallest absolute Gasteiger partial charge is 0.410 e. The van der Waals surface area contributed by atoms with Crippen molar-refractivity contribution >= 4 is 11.7 Å². The predicted octanol–water partition coefficient (Wildman–Crippen LogP) is 6.62. The van der Waals surface area contributed by atoms with Crippen LogP contribution in [0, 0.1) is 0 Å². The van der Waals surface area contributed by atoms with Crippen LogP contribution in [0.15, 0.2) is 78.9 Å². The van der Waals surface area contributed by atoms with Crippen LogP contribution in [0.3, 0.4) is 0 Å². The van der Waals surface area contributed by atoms with Gasteiger partial charge < -0.3 is 9.47 Å². The van der Waals surface area contributed by atoms with Crippen LogP contribution in [0.2, 0.25) is 0 Å². The molecule has 1 aliphatic carbocycles. The first-order valence-corrected chi connectivity index (χ1v) is 12.6. The summed E-state index contributed by atoms with van der Waals surface area (Å²) in [5.74, 6) is 0.552. The molecule has 6 rings (SSSR count). The maximum atomic E-state index is 13.4. The van der Waals surface area contributed by atoms with Crippen LogP contribution in [0.5, 0.6) is 0 Å². The molecule has 0 radical (unpaired) electrons. The summed E-state index contributed by atoms with van der Waals surface area (Å²) in [6.45, 7) is 5.83. The van der Waals surface area contributed by atoms with Crippen molar-refractivity contribution in [1.82, 2.24) is 4.90 Å². The molecule has 2 aliphatic heterocycles. The van der Waals surface area contributed by atoms with E-state index in [2.05, 4.69) is 92.7 Å². The number of morpholine rings is 1. The van der Waals surface area contributed by atoms with Gasteiger partial charge in [-0.3, -0.25) is 4.90 Å². The number of amides is 1. The lowest BCUT2D eigenvalue weighted by Gasteiger charge is -2.44. The number of hydrogen-bond acceptors (Lipinski definition) is 3. The van der Waals surface area contributed by atoms with Crippen LogP contribution in [0.1, 0.15) is 54.4 Å². The van der Waals surface area contributed by atoms with E-state index < -0.39 is 0 Å². The second-order valence-corrected chi connectivity index (χ2v) is 10.1. The van der Waals surface area contributed by atoms with Crippen LogP contribution in [-0.4, -0.2) is 42.9 Å². The third kappa shape index (κ3) is 3.96. The first-order valence-electron chi connectivity index (χ1n) is 12.6. The van der Waals surface area contributed by atoms with Gasteiger partial charge in [-0.1, -0.05) is 92.7 Å². The first kappa shape index (κ1) is 22.1. The largest absolute Gasteiger partial charge is 0.448 e. The lowest BCUT2D eigenvalue weighted by atomic mass is 9.88. The molecule has 35 heavy (non-hydrogen) atoms. The number of hydrogen-bond donors (Lipinski definition) is 0. The highest BCUT2D eigenvalue weighted by Crippen LogP contribution is 2.44. The average molecular weight is 466 g/mol. The van der Waals surface area contributed by atoms with Crippen LogP contribution < -0.4 is 0 Å². The van der Waals surface area contributed by atoms with Crippen molar-refractivity contribution in [2.24, 2.45) is 0 Å². The molecule has 1 fully saturated rings. The molecule has 178 valence electrons. The number of ether oxygens (including phenoxy) is 2. The highest BCUT2D eigenvalue weighted by molar-refractivity contribution is 5.79. The standard InChI is InChI=1S/C31H31NO3/c1-20(2)21-8-7-9-22(14-21)23-15-24-17-34-18-25(16-23)32(24)31(33)35-19-30-28-12-5-3-10-26(28)27-11-4-6-13-29(27)30/h3-15,20,24-25,30H,16-19H2,1-2H3. The highest BCUT2D eigenvalue weighted by Gasteiger charge is 2.40. The Balaban J connectivity index is 1.21. The fourth-order valence-corrected chi connectivity index (χ4v) is 5.86.